The Labute approximate surface area is 136 Å². The summed E-state index contributed by atoms with van der Waals surface area (Å²) in [6.07, 6.45) is 2.23. The second kappa shape index (κ2) is 8.76. The second-order valence-corrected chi connectivity index (χ2v) is 8.05. The molecule has 1 aromatic heterocycles. The maximum absolute atomic E-state index is 4.77. The van der Waals surface area contributed by atoms with Crippen LogP contribution in [0.4, 0.5) is 0 Å². The van der Waals surface area contributed by atoms with Crippen LogP contribution in [-0.4, -0.2) is 29.1 Å². The fraction of sp³-hybridized carbons (Fsp3) is 0.588. The summed E-state index contributed by atoms with van der Waals surface area (Å²) in [5, 5.41) is 4.94. The third kappa shape index (κ3) is 5.61. The number of aromatic nitrogens is 1. The molecule has 2 nitrogen and oxygen atoms in total. The van der Waals surface area contributed by atoms with Crippen LogP contribution in [0.2, 0.25) is 0 Å². The number of benzene rings is 1. The van der Waals surface area contributed by atoms with Crippen molar-refractivity contribution in [2.24, 2.45) is 5.92 Å². The molecule has 0 aliphatic heterocycles. The van der Waals surface area contributed by atoms with Crippen molar-refractivity contribution in [1.82, 2.24) is 10.3 Å². The first kappa shape index (κ1) is 16.8. The topological polar surface area (TPSA) is 24.9 Å². The third-order valence-electron chi connectivity index (χ3n) is 3.21. The predicted octanol–water partition coefficient (Wildman–Crippen LogP) is 4.60. The SMILES string of the molecule is CCCNC(CSCC(C)C)Cc1nc2ccccc2s1. The normalized spacial score (nSPS) is 13.1. The van der Waals surface area contributed by atoms with E-state index in [1.54, 1.807) is 0 Å². The second-order valence-electron chi connectivity index (χ2n) is 5.86. The molecule has 21 heavy (non-hydrogen) atoms. The van der Waals surface area contributed by atoms with Crippen molar-refractivity contribution in [3.05, 3.63) is 29.3 Å². The van der Waals surface area contributed by atoms with Crippen LogP contribution in [0.1, 0.15) is 32.2 Å². The first-order chi connectivity index (χ1) is 10.2. The van der Waals surface area contributed by atoms with E-state index in [9.17, 15) is 0 Å². The van der Waals surface area contributed by atoms with Gasteiger partial charge in [0.25, 0.3) is 0 Å². The molecule has 0 bridgehead atoms. The van der Waals surface area contributed by atoms with Gasteiger partial charge in [-0.25, -0.2) is 4.98 Å². The van der Waals surface area contributed by atoms with Gasteiger partial charge < -0.3 is 5.32 Å². The average Bonchev–Trinajstić information content (AvgIpc) is 2.86. The number of thiazole rings is 1. The van der Waals surface area contributed by atoms with E-state index in [2.05, 4.69) is 62.1 Å². The van der Waals surface area contributed by atoms with E-state index in [1.807, 2.05) is 11.3 Å². The molecule has 4 heteroatoms. The van der Waals surface area contributed by atoms with E-state index in [-0.39, 0.29) is 0 Å². The summed E-state index contributed by atoms with van der Waals surface area (Å²) >= 11 is 3.90. The highest BCUT2D eigenvalue weighted by Gasteiger charge is 2.12. The Balaban J connectivity index is 1.95. The molecule has 0 amide bonds. The van der Waals surface area contributed by atoms with Gasteiger partial charge in [0.2, 0.25) is 0 Å². The molecular formula is C17H26N2S2. The maximum Gasteiger partial charge on any atom is 0.0954 e. The molecular weight excluding hydrogens is 296 g/mol. The number of rotatable bonds is 9. The Bertz CT molecular complexity index is 503. The summed E-state index contributed by atoms with van der Waals surface area (Å²) < 4.78 is 1.30. The summed E-state index contributed by atoms with van der Waals surface area (Å²) in [6.45, 7) is 7.89. The van der Waals surface area contributed by atoms with Gasteiger partial charge in [-0.1, -0.05) is 32.9 Å². The maximum atomic E-state index is 4.77. The third-order valence-corrected chi connectivity index (χ3v) is 5.81. The molecule has 2 rings (SSSR count). The average molecular weight is 323 g/mol. The molecule has 1 atom stereocenters. The van der Waals surface area contributed by atoms with E-state index >= 15 is 0 Å². The van der Waals surface area contributed by atoms with Crippen molar-refractivity contribution in [3.63, 3.8) is 0 Å². The highest BCUT2D eigenvalue weighted by atomic mass is 32.2. The molecule has 2 aromatic rings. The number of nitrogens with zero attached hydrogens (tertiary/aromatic N) is 1. The lowest BCUT2D eigenvalue weighted by Gasteiger charge is -2.17. The summed E-state index contributed by atoms with van der Waals surface area (Å²) in [7, 11) is 0. The number of hydrogen-bond donors (Lipinski definition) is 1. The van der Waals surface area contributed by atoms with Gasteiger partial charge in [0.05, 0.1) is 15.2 Å². The van der Waals surface area contributed by atoms with Crippen molar-refractivity contribution in [2.75, 3.05) is 18.1 Å². The minimum absolute atomic E-state index is 0.536. The number of fused-ring (bicyclic) bond motifs is 1. The Hall–Kier alpha value is -0.580. The molecule has 0 aliphatic carbocycles. The first-order valence-corrected chi connectivity index (χ1v) is 9.81. The molecule has 1 aromatic carbocycles. The standard InChI is InChI=1S/C17H26N2S2/c1-4-9-18-14(12-20-11-13(2)3)10-17-19-15-7-5-6-8-16(15)21-17/h5-8,13-14,18H,4,9-12H2,1-3H3. The van der Waals surface area contributed by atoms with Crippen LogP contribution in [0, 0.1) is 5.92 Å². The van der Waals surface area contributed by atoms with Crippen LogP contribution < -0.4 is 5.32 Å². The molecule has 0 saturated carbocycles. The molecule has 0 saturated heterocycles. The Kier molecular flexibility index (Phi) is 7.00. The van der Waals surface area contributed by atoms with Gasteiger partial charge in [-0.3, -0.25) is 0 Å². The Morgan fingerprint density at radius 1 is 1.24 bits per heavy atom. The van der Waals surface area contributed by atoms with Crippen molar-refractivity contribution >= 4 is 33.3 Å². The summed E-state index contributed by atoms with van der Waals surface area (Å²) in [4.78, 5) is 4.77. The molecule has 1 heterocycles. The molecule has 1 unspecified atom stereocenters. The van der Waals surface area contributed by atoms with Crippen molar-refractivity contribution in [3.8, 4) is 0 Å². The smallest absolute Gasteiger partial charge is 0.0954 e. The van der Waals surface area contributed by atoms with Crippen LogP contribution in [-0.2, 0) is 6.42 Å². The molecule has 1 N–H and O–H groups in total. The Morgan fingerprint density at radius 3 is 2.76 bits per heavy atom. The number of hydrogen-bond acceptors (Lipinski definition) is 4. The van der Waals surface area contributed by atoms with Crippen LogP contribution >= 0.6 is 23.1 Å². The highest BCUT2D eigenvalue weighted by Crippen LogP contribution is 2.23. The number of thioether (sulfide) groups is 1. The largest absolute Gasteiger partial charge is 0.313 e. The van der Waals surface area contributed by atoms with Gasteiger partial charge in [0, 0.05) is 18.2 Å². The van der Waals surface area contributed by atoms with Crippen molar-refractivity contribution in [1.29, 1.82) is 0 Å². The number of para-hydroxylation sites is 1. The van der Waals surface area contributed by atoms with Crippen LogP contribution in [0.5, 0.6) is 0 Å². The molecule has 116 valence electrons. The minimum atomic E-state index is 0.536. The lowest BCUT2D eigenvalue weighted by molar-refractivity contribution is 0.549. The van der Waals surface area contributed by atoms with E-state index in [1.165, 1.54) is 27.6 Å². The highest BCUT2D eigenvalue weighted by molar-refractivity contribution is 7.99. The fourth-order valence-electron chi connectivity index (χ4n) is 2.20. The zero-order valence-corrected chi connectivity index (χ0v) is 14.9. The Morgan fingerprint density at radius 2 is 2.05 bits per heavy atom. The van der Waals surface area contributed by atoms with Crippen molar-refractivity contribution in [2.45, 2.75) is 39.7 Å². The summed E-state index contributed by atoms with van der Waals surface area (Å²) in [6, 6.07) is 8.97. The molecule has 0 spiro atoms. The van der Waals surface area contributed by atoms with Gasteiger partial charge in [0.15, 0.2) is 0 Å². The fourth-order valence-corrected chi connectivity index (χ4v) is 4.38. The number of nitrogens with one attached hydrogen (secondary N) is 1. The lowest BCUT2D eigenvalue weighted by atomic mass is 10.2. The molecule has 0 fully saturated rings. The first-order valence-electron chi connectivity index (χ1n) is 7.84. The van der Waals surface area contributed by atoms with Crippen LogP contribution in [0.15, 0.2) is 24.3 Å². The minimum Gasteiger partial charge on any atom is -0.313 e. The zero-order chi connectivity index (χ0) is 15.1. The van der Waals surface area contributed by atoms with Crippen molar-refractivity contribution < 1.29 is 0 Å². The van der Waals surface area contributed by atoms with Gasteiger partial charge in [0.1, 0.15) is 0 Å². The zero-order valence-electron chi connectivity index (χ0n) is 13.3. The van der Waals surface area contributed by atoms with Gasteiger partial charge in [-0.2, -0.15) is 11.8 Å². The van der Waals surface area contributed by atoms with E-state index in [4.69, 9.17) is 4.98 Å². The van der Waals surface area contributed by atoms with Gasteiger partial charge in [-0.05, 0) is 36.8 Å². The van der Waals surface area contributed by atoms with Gasteiger partial charge >= 0.3 is 0 Å². The van der Waals surface area contributed by atoms with Crippen LogP contribution in [0.25, 0.3) is 10.2 Å². The molecule has 0 aliphatic rings. The summed E-state index contributed by atoms with van der Waals surface area (Å²) in [5.74, 6) is 3.18. The predicted molar refractivity (Wildman–Crippen MR) is 97.6 cm³/mol. The lowest BCUT2D eigenvalue weighted by Crippen LogP contribution is -2.34. The van der Waals surface area contributed by atoms with Gasteiger partial charge in [-0.15, -0.1) is 11.3 Å². The summed E-state index contributed by atoms with van der Waals surface area (Å²) in [5.41, 5.74) is 1.14. The van der Waals surface area contributed by atoms with E-state index < -0.39 is 0 Å². The quantitative estimate of drug-likeness (QED) is 0.730. The van der Waals surface area contributed by atoms with E-state index in [0.29, 0.717) is 6.04 Å². The molecule has 0 radical (unpaired) electrons. The van der Waals surface area contributed by atoms with E-state index in [0.717, 1.165) is 24.4 Å². The monoisotopic (exact) mass is 322 g/mol. The van der Waals surface area contributed by atoms with Crippen LogP contribution in [0.3, 0.4) is 0 Å².